The third kappa shape index (κ3) is 3.77. The van der Waals surface area contributed by atoms with Crippen LogP contribution < -0.4 is 4.74 Å². The molecule has 0 aliphatic carbocycles. The van der Waals surface area contributed by atoms with E-state index in [0.717, 1.165) is 5.56 Å². The molecule has 1 N–H and O–H groups in total. The molecule has 1 aliphatic rings. The summed E-state index contributed by atoms with van der Waals surface area (Å²) in [5.41, 5.74) is 1.44. The van der Waals surface area contributed by atoms with Gasteiger partial charge in [-0.1, -0.05) is 24.3 Å². The first-order chi connectivity index (χ1) is 15.0. The van der Waals surface area contributed by atoms with Crippen molar-refractivity contribution in [1.82, 2.24) is 9.88 Å². The van der Waals surface area contributed by atoms with Gasteiger partial charge in [-0.25, -0.2) is 4.39 Å². The highest BCUT2D eigenvalue weighted by Gasteiger charge is 2.47. The van der Waals surface area contributed by atoms with Crippen molar-refractivity contribution in [1.29, 1.82) is 0 Å². The maximum absolute atomic E-state index is 13.4. The fraction of sp³-hybridized carbons (Fsp3) is 0.125. The van der Waals surface area contributed by atoms with Gasteiger partial charge in [0.1, 0.15) is 17.3 Å². The van der Waals surface area contributed by atoms with Gasteiger partial charge in [0.15, 0.2) is 0 Å². The molecular weight excluding hydrogens is 399 g/mol. The van der Waals surface area contributed by atoms with Crippen LogP contribution in [0.3, 0.4) is 0 Å². The number of methoxy groups -OCH3 is 1. The molecule has 0 bridgehead atoms. The van der Waals surface area contributed by atoms with Crippen LogP contribution in [0.1, 0.15) is 22.7 Å². The average molecular weight is 418 g/mol. The van der Waals surface area contributed by atoms with Crippen LogP contribution in [-0.4, -0.2) is 33.8 Å². The molecule has 7 heteroatoms. The Kier molecular flexibility index (Phi) is 5.49. The summed E-state index contributed by atoms with van der Waals surface area (Å²) in [7, 11) is 1.49. The zero-order chi connectivity index (χ0) is 22.0. The lowest BCUT2D eigenvalue weighted by atomic mass is 9.94. The predicted molar refractivity (Wildman–Crippen MR) is 111 cm³/mol. The summed E-state index contributed by atoms with van der Waals surface area (Å²) in [6, 6.07) is 14.7. The molecule has 1 aromatic heterocycles. The number of ether oxygens (including phenoxy) is 1. The summed E-state index contributed by atoms with van der Waals surface area (Å²) in [6.45, 7) is 0.112. The minimum absolute atomic E-state index is 0.0787. The number of rotatable bonds is 5. The predicted octanol–water partition coefficient (Wildman–Crippen LogP) is 3.85. The number of Topliss-reactive ketones (excluding diaryl/α,β-unsaturated/α-hetero) is 1. The Hall–Kier alpha value is -4.00. The molecule has 156 valence electrons. The van der Waals surface area contributed by atoms with E-state index in [9.17, 15) is 19.1 Å². The summed E-state index contributed by atoms with van der Waals surface area (Å²) in [6.07, 6.45) is 3.22. The highest BCUT2D eigenvalue weighted by molar-refractivity contribution is 6.46. The van der Waals surface area contributed by atoms with Crippen molar-refractivity contribution in [3.05, 3.63) is 101 Å². The Morgan fingerprint density at radius 3 is 2.52 bits per heavy atom. The number of likely N-dealkylation sites (tertiary alicyclic amines) is 1. The maximum Gasteiger partial charge on any atom is 0.295 e. The van der Waals surface area contributed by atoms with Crippen LogP contribution >= 0.6 is 0 Å². The number of hydrogen-bond donors (Lipinski definition) is 1. The van der Waals surface area contributed by atoms with Gasteiger partial charge in [0.25, 0.3) is 11.7 Å². The number of benzene rings is 2. The lowest BCUT2D eigenvalue weighted by Gasteiger charge is -2.26. The number of aromatic nitrogens is 1. The SMILES string of the molecule is COc1ccccc1[C@H]1C(=C(O)c2ccc(F)cc2)C(=O)C(=O)N1Cc1cccnc1. The van der Waals surface area contributed by atoms with Crippen molar-refractivity contribution in [3.8, 4) is 5.75 Å². The van der Waals surface area contributed by atoms with E-state index in [1.54, 1.807) is 48.8 Å². The molecule has 1 aliphatic heterocycles. The van der Waals surface area contributed by atoms with Crippen molar-refractivity contribution in [3.63, 3.8) is 0 Å². The summed E-state index contributed by atoms with van der Waals surface area (Å²) in [5, 5.41) is 11.0. The Morgan fingerprint density at radius 1 is 1.10 bits per heavy atom. The molecule has 31 heavy (non-hydrogen) atoms. The monoisotopic (exact) mass is 418 g/mol. The number of ketones is 1. The normalized spacial score (nSPS) is 17.7. The lowest BCUT2D eigenvalue weighted by molar-refractivity contribution is -0.140. The van der Waals surface area contributed by atoms with E-state index < -0.39 is 23.5 Å². The Labute approximate surface area is 178 Å². The number of amides is 1. The molecule has 1 fully saturated rings. The smallest absolute Gasteiger partial charge is 0.295 e. The molecule has 0 spiro atoms. The number of aliphatic hydroxyl groups excluding tert-OH is 1. The quantitative estimate of drug-likeness (QED) is 0.387. The van der Waals surface area contributed by atoms with Gasteiger partial charge < -0.3 is 14.7 Å². The number of para-hydroxylation sites is 1. The third-order valence-corrected chi connectivity index (χ3v) is 5.17. The average Bonchev–Trinajstić information content (AvgIpc) is 3.04. The van der Waals surface area contributed by atoms with Gasteiger partial charge in [-0.3, -0.25) is 14.6 Å². The van der Waals surface area contributed by atoms with Gasteiger partial charge in [-0.05, 0) is 42.0 Å². The fourth-order valence-corrected chi connectivity index (χ4v) is 3.71. The molecule has 2 aromatic carbocycles. The number of pyridine rings is 1. The van der Waals surface area contributed by atoms with Crippen LogP contribution in [0.4, 0.5) is 4.39 Å². The van der Waals surface area contributed by atoms with Crippen LogP contribution in [0, 0.1) is 5.82 Å². The first kappa shape index (κ1) is 20.3. The molecule has 4 rings (SSSR count). The van der Waals surface area contributed by atoms with Gasteiger partial charge in [0.2, 0.25) is 0 Å². The molecule has 6 nitrogen and oxygen atoms in total. The molecule has 3 aromatic rings. The third-order valence-electron chi connectivity index (χ3n) is 5.17. The van der Waals surface area contributed by atoms with Gasteiger partial charge in [-0.2, -0.15) is 0 Å². The van der Waals surface area contributed by atoms with Crippen LogP contribution in [-0.2, 0) is 16.1 Å². The second-order valence-corrected chi connectivity index (χ2v) is 7.04. The zero-order valence-corrected chi connectivity index (χ0v) is 16.7. The molecule has 0 saturated carbocycles. The van der Waals surface area contributed by atoms with E-state index in [-0.39, 0.29) is 23.4 Å². The number of hydrogen-bond acceptors (Lipinski definition) is 5. The minimum Gasteiger partial charge on any atom is -0.507 e. The van der Waals surface area contributed by atoms with Gasteiger partial charge in [-0.15, -0.1) is 0 Å². The molecule has 1 saturated heterocycles. The van der Waals surface area contributed by atoms with Crippen molar-refractivity contribution < 1.29 is 23.8 Å². The van der Waals surface area contributed by atoms with Crippen LogP contribution in [0.5, 0.6) is 5.75 Å². The Morgan fingerprint density at radius 2 is 1.84 bits per heavy atom. The molecule has 1 atom stereocenters. The van der Waals surface area contributed by atoms with Crippen molar-refractivity contribution in [2.45, 2.75) is 12.6 Å². The van der Waals surface area contributed by atoms with Crippen LogP contribution in [0.25, 0.3) is 5.76 Å². The summed E-state index contributed by atoms with van der Waals surface area (Å²) >= 11 is 0. The summed E-state index contributed by atoms with van der Waals surface area (Å²) in [5.74, 6) is -1.95. The van der Waals surface area contributed by atoms with E-state index >= 15 is 0 Å². The van der Waals surface area contributed by atoms with Gasteiger partial charge >= 0.3 is 0 Å². The number of aliphatic hydroxyl groups is 1. The van der Waals surface area contributed by atoms with Crippen molar-refractivity contribution >= 4 is 17.4 Å². The molecular formula is C24H19FN2O4. The molecule has 2 heterocycles. The van der Waals surface area contributed by atoms with E-state index in [1.165, 1.54) is 36.3 Å². The highest BCUT2D eigenvalue weighted by Crippen LogP contribution is 2.43. The number of nitrogens with zero attached hydrogens (tertiary/aromatic N) is 2. The number of carbonyl (C=O) groups is 2. The van der Waals surface area contributed by atoms with Gasteiger partial charge in [0, 0.05) is 30.1 Å². The van der Waals surface area contributed by atoms with Crippen molar-refractivity contribution in [2.75, 3.05) is 7.11 Å². The molecule has 1 amide bonds. The highest BCUT2D eigenvalue weighted by atomic mass is 19.1. The van der Waals surface area contributed by atoms with E-state index in [1.807, 2.05) is 0 Å². The number of carbonyl (C=O) groups excluding carboxylic acids is 2. The molecule has 0 unspecified atom stereocenters. The van der Waals surface area contributed by atoms with Gasteiger partial charge in [0.05, 0.1) is 18.7 Å². The van der Waals surface area contributed by atoms with E-state index in [0.29, 0.717) is 11.3 Å². The second-order valence-electron chi connectivity index (χ2n) is 7.04. The maximum atomic E-state index is 13.4. The summed E-state index contributed by atoms with van der Waals surface area (Å²) < 4.78 is 18.8. The fourth-order valence-electron chi connectivity index (χ4n) is 3.71. The minimum atomic E-state index is -0.888. The first-order valence-electron chi connectivity index (χ1n) is 9.57. The Balaban J connectivity index is 1.90. The van der Waals surface area contributed by atoms with E-state index in [2.05, 4.69) is 4.98 Å². The molecule has 0 radical (unpaired) electrons. The van der Waals surface area contributed by atoms with Crippen LogP contribution in [0.2, 0.25) is 0 Å². The Bertz CT molecular complexity index is 1160. The zero-order valence-electron chi connectivity index (χ0n) is 16.7. The van der Waals surface area contributed by atoms with E-state index in [4.69, 9.17) is 4.74 Å². The first-order valence-corrected chi connectivity index (χ1v) is 9.57. The summed E-state index contributed by atoms with van der Waals surface area (Å²) in [4.78, 5) is 31.5. The van der Waals surface area contributed by atoms with Crippen LogP contribution in [0.15, 0.2) is 78.6 Å². The number of halogens is 1. The lowest BCUT2D eigenvalue weighted by Crippen LogP contribution is -2.29. The van der Waals surface area contributed by atoms with Crippen molar-refractivity contribution in [2.24, 2.45) is 0 Å². The standard InChI is InChI=1S/C24H19FN2O4/c1-31-19-7-3-2-6-18(19)21-20(22(28)16-8-10-17(25)11-9-16)23(29)24(30)27(21)14-15-5-4-12-26-13-15/h2-13,21,28H,14H2,1H3/t21-/m0/s1. The largest absolute Gasteiger partial charge is 0.507 e. The topological polar surface area (TPSA) is 79.7 Å². The second kappa shape index (κ2) is 8.39.